The fourth-order valence-electron chi connectivity index (χ4n) is 2.58. The van der Waals surface area contributed by atoms with E-state index in [0.29, 0.717) is 12.1 Å². The maximum absolute atomic E-state index is 5.91. The Morgan fingerprint density at radius 3 is 2.72 bits per heavy atom. The number of piperidine rings is 1. The molecule has 1 aliphatic heterocycles. The molecule has 1 N–H and O–H groups in total. The number of benzene rings is 1. The molecule has 0 spiro atoms. The molecule has 1 heterocycles. The third-order valence-corrected chi connectivity index (χ3v) is 4.20. The van der Waals surface area contributed by atoms with Gasteiger partial charge >= 0.3 is 0 Å². The predicted octanol–water partition coefficient (Wildman–Crippen LogP) is 3.47. The molecule has 1 saturated heterocycles. The van der Waals surface area contributed by atoms with Crippen molar-refractivity contribution < 1.29 is 0 Å². The van der Waals surface area contributed by atoms with E-state index in [4.69, 9.17) is 11.6 Å². The highest BCUT2D eigenvalue weighted by molar-refractivity contribution is 6.30. The molecule has 1 aromatic carbocycles. The van der Waals surface area contributed by atoms with Gasteiger partial charge in [0, 0.05) is 23.7 Å². The second kappa shape index (κ2) is 6.55. The van der Waals surface area contributed by atoms with E-state index < -0.39 is 0 Å². The highest BCUT2D eigenvalue weighted by Crippen LogP contribution is 2.18. The molecule has 0 radical (unpaired) electrons. The van der Waals surface area contributed by atoms with Gasteiger partial charge < -0.3 is 10.2 Å². The maximum atomic E-state index is 5.91. The molecule has 0 aliphatic carbocycles. The van der Waals surface area contributed by atoms with Crippen molar-refractivity contribution in [3.05, 3.63) is 34.9 Å². The van der Waals surface area contributed by atoms with Crippen molar-refractivity contribution >= 4 is 11.6 Å². The summed E-state index contributed by atoms with van der Waals surface area (Å²) >= 11 is 5.91. The van der Waals surface area contributed by atoms with Crippen LogP contribution < -0.4 is 5.32 Å². The molecule has 1 fully saturated rings. The zero-order valence-electron chi connectivity index (χ0n) is 11.3. The van der Waals surface area contributed by atoms with Crippen molar-refractivity contribution in [2.45, 2.75) is 38.3 Å². The van der Waals surface area contributed by atoms with Crippen molar-refractivity contribution in [3.8, 4) is 0 Å². The Balaban J connectivity index is 1.83. The van der Waals surface area contributed by atoms with Gasteiger partial charge in [-0.25, -0.2) is 0 Å². The molecule has 3 heteroatoms. The number of likely N-dealkylation sites (tertiary alicyclic amines) is 1. The first-order valence-electron chi connectivity index (χ1n) is 6.86. The summed E-state index contributed by atoms with van der Waals surface area (Å²) in [4.78, 5) is 2.48. The van der Waals surface area contributed by atoms with E-state index in [2.05, 4.69) is 36.3 Å². The smallest absolute Gasteiger partial charge is 0.0406 e. The molecule has 18 heavy (non-hydrogen) atoms. The van der Waals surface area contributed by atoms with Gasteiger partial charge in [0.25, 0.3) is 0 Å². The number of hydrogen-bond acceptors (Lipinski definition) is 2. The summed E-state index contributed by atoms with van der Waals surface area (Å²) in [5.74, 6) is 0. The van der Waals surface area contributed by atoms with Gasteiger partial charge in [0.2, 0.25) is 0 Å². The van der Waals surface area contributed by atoms with Gasteiger partial charge in [-0.15, -0.1) is 0 Å². The van der Waals surface area contributed by atoms with E-state index in [0.717, 1.165) is 11.6 Å². The minimum Gasteiger partial charge on any atom is -0.309 e. The van der Waals surface area contributed by atoms with Crippen LogP contribution in [0.3, 0.4) is 0 Å². The Labute approximate surface area is 115 Å². The molecule has 2 unspecified atom stereocenters. The highest BCUT2D eigenvalue weighted by atomic mass is 35.5. The van der Waals surface area contributed by atoms with Crippen molar-refractivity contribution in [2.75, 3.05) is 20.1 Å². The first-order valence-corrected chi connectivity index (χ1v) is 7.23. The number of nitrogens with zero attached hydrogens (tertiary/aromatic N) is 1. The molecule has 2 atom stereocenters. The maximum Gasteiger partial charge on any atom is 0.0406 e. The number of rotatable bonds is 4. The van der Waals surface area contributed by atoms with Crippen LogP contribution in [0.4, 0.5) is 0 Å². The van der Waals surface area contributed by atoms with Crippen molar-refractivity contribution in [3.63, 3.8) is 0 Å². The zero-order chi connectivity index (χ0) is 13.0. The van der Waals surface area contributed by atoms with Crippen molar-refractivity contribution in [1.82, 2.24) is 10.2 Å². The van der Waals surface area contributed by atoms with Gasteiger partial charge in [0.15, 0.2) is 0 Å². The fourth-order valence-corrected chi connectivity index (χ4v) is 2.71. The lowest BCUT2D eigenvalue weighted by atomic mass is 10.0. The Bertz CT molecular complexity index is 363. The molecule has 0 amide bonds. The topological polar surface area (TPSA) is 15.3 Å². The van der Waals surface area contributed by atoms with Crippen LogP contribution in [0.1, 0.15) is 37.8 Å². The monoisotopic (exact) mass is 266 g/mol. The zero-order valence-corrected chi connectivity index (χ0v) is 12.1. The van der Waals surface area contributed by atoms with E-state index in [9.17, 15) is 0 Å². The van der Waals surface area contributed by atoms with Crippen LogP contribution in [0.25, 0.3) is 0 Å². The van der Waals surface area contributed by atoms with E-state index in [1.54, 1.807) is 0 Å². The minimum atomic E-state index is 0.387. The van der Waals surface area contributed by atoms with Crippen LogP contribution >= 0.6 is 11.6 Å². The molecule has 2 rings (SSSR count). The van der Waals surface area contributed by atoms with Crippen LogP contribution in [-0.4, -0.2) is 31.1 Å². The van der Waals surface area contributed by atoms with Gasteiger partial charge in [0.05, 0.1) is 0 Å². The first-order chi connectivity index (χ1) is 8.66. The molecule has 100 valence electrons. The summed E-state index contributed by atoms with van der Waals surface area (Å²) in [5, 5.41) is 4.44. The normalized spacial score (nSPS) is 22.9. The average molecular weight is 267 g/mol. The molecule has 2 nitrogen and oxygen atoms in total. The van der Waals surface area contributed by atoms with Crippen LogP contribution in [0, 0.1) is 0 Å². The lowest BCUT2D eigenvalue weighted by molar-refractivity contribution is 0.178. The lowest BCUT2D eigenvalue weighted by Crippen LogP contribution is -2.43. The Morgan fingerprint density at radius 2 is 2.06 bits per heavy atom. The minimum absolute atomic E-state index is 0.387. The van der Waals surface area contributed by atoms with Gasteiger partial charge in [-0.3, -0.25) is 0 Å². The Morgan fingerprint density at radius 1 is 1.33 bits per heavy atom. The predicted molar refractivity (Wildman–Crippen MR) is 78.1 cm³/mol. The molecule has 0 bridgehead atoms. The van der Waals surface area contributed by atoms with E-state index in [1.165, 1.54) is 31.4 Å². The summed E-state index contributed by atoms with van der Waals surface area (Å²) in [5.41, 5.74) is 1.30. The quantitative estimate of drug-likeness (QED) is 0.898. The summed E-state index contributed by atoms with van der Waals surface area (Å²) in [6.07, 6.45) is 4.03. The van der Waals surface area contributed by atoms with Crippen molar-refractivity contribution in [1.29, 1.82) is 0 Å². The number of nitrogens with one attached hydrogen (secondary N) is 1. The largest absolute Gasteiger partial charge is 0.309 e. The number of hydrogen-bond donors (Lipinski definition) is 1. The third kappa shape index (κ3) is 3.71. The third-order valence-electron chi connectivity index (χ3n) is 3.95. The molecular weight excluding hydrogens is 244 g/mol. The van der Waals surface area contributed by atoms with Crippen LogP contribution in [0.2, 0.25) is 5.02 Å². The second-order valence-corrected chi connectivity index (χ2v) is 5.75. The Hall–Kier alpha value is -0.570. The summed E-state index contributed by atoms with van der Waals surface area (Å²) in [6, 6.07) is 9.20. The summed E-state index contributed by atoms with van der Waals surface area (Å²) in [7, 11) is 2.23. The molecule has 0 saturated carbocycles. The second-order valence-electron chi connectivity index (χ2n) is 5.31. The standard InChI is InChI=1S/C15H23ClN2/c1-12(13-6-8-14(16)9-7-13)17-11-15-5-3-4-10-18(15)2/h6-9,12,15,17H,3-5,10-11H2,1-2H3. The number of halogens is 1. The van der Waals surface area contributed by atoms with Crippen molar-refractivity contribution in [2.24, 2.45) is 0 Å². The van der Waals surface area contributed by atoms with Gasteiger partial charge in [-0.2, -0.15) is 0 Å². The van der Waals surface area contributed by atoms with Crippen LogP contribution in [0.5, 0.6) is 0 Å². The summed E-state index contributed by atoms with van der Waals surface area (Å²) < 4.78 is 0. The first kappa shape index (κ1) is 13.9. The lowest BCUT2D eigenvalue weighted by Gasteiger charge is -2.33. The molecular formula is C15H23ClN2. The molecule has 1 aliphatic rings. The van der Waals surface area contributed by atoms with Crippen LogP contribution in [-0.2, 0) is 0 Å². The molecule has 1 aromatic rings. The molecule has 0 aromatic heterocycles. The van der Waals surface area contributed by atoms with E-state index >= 15 is 0 Å². The number of likely N-dealkylation sites (N-methyl/N-ethyl adjacent to an activating group) is 1. The highest BCUT2D eigenvalue weighted by Gasteiger charge is 2.19. The van der Waals surface area contributed by atoms with E-state index in [1.807, 2.05) is 12.1 Å². The Kier molecular flexibility index (Phi) is 5.04. The average Bonchev–Trinajstić information content (AvgIpc) is 2.38. The van der Waals surface area contributed by atoms with Gasteiger partial charge in [-0.05, 0) is 51.1 Å². The van der Waals surface area contributed by atoms with Gasteiger partial charge in [0.1, 0.15) is 0 Å². The van der Waals surface area contributed by atoms with Crippen LogP contribution in [0.15, 0.2) is 24.3 Å². The summed E-state index contributed by atoms with van der Waals surface area (Å²) in [6.45, 7) is 4.52. The van der Waals surface area contributed by atoms with E-state index in [-0.39, 0.29) is 0 Å². The van der Waals surface area contributed by atoms with Gasteiger partial charge in [-0.1, -0.05) is 30.2 Å². The fraction of sp³-hybridized carbons (Fsp3) is 0.600. The SMILES string of the molecule is CC(NCC1CCCCN1C)c1ccc(Cl)cc1.